The Labute approximate surface area is 126 Å². The molecular weight excluding hydrogens is 262 g/mol. The Morgan fingerprint density at radius 2 is 1.76 bits per heavy atom. The van der Waals surface area contributed by atoms with E-state index in [0.29, 0.717) is 12.0 Å². The van der Waals surface area contributed by atoms with Gasteiger partial charge in [-0.15, -0.1) is 0 Å². The number of piperidine rings is 3. The largest absolute Gasteiger partial charge is 0.373 e. The molecule has 21 heavy (non-hydrogen) atoms. The van der Waals surface area contributed by atoms with E-state index < -0.39 is 0 Å². The zero-order valence-electron chi connectivity index (χ0n) is 13.0. The number of hydrogen-bond donors (Lipinski definition) is 2. The molecule has 1 aromatic heterocycles. The van der Waals surface area contributed by atoms with Crippen LogP contribution in [0, 0.1) is 12.8 Å². The molecule has 1 aliphatic carbocycles. The summed E-state index contributed by atoms with van der Waals surface area (Å²) < 4.78 is 0. The Balaban J connectivity index is 1.60. The maximum atomic E-state index is 4.84. The standard InChI is InChI=1S/C16H25N5/c1-10-14(17-2)19-16(12-3-4-12)20-15(10)18-13-9-21-7-5-11(13)6-8-21/h11-13H,3-9H2,1-2H3,(H2,17,18,19,20). The van der Waals surface area contributed by atoms with E-state index in [1.165, 1.54) is 45.3 Å². The fraction of sp³-hybridized carbons (Fsp3) is 0.750. The van der Waals surface area contributed by atoms with Crippen molar-refractivity contribution < 1.29 is 0 Å². The summed E-state index contributed by atoms with van der Waals surface area (Å²) in [5, 5.41) is 6.97. The zero-order chi connectivity index (χ0) is 14.4. The van der Waals surface area contributed by atoms with Crippen molar-refractivity contribution in [2.45, 2.75) is 44.6 Å². The lowest BCUT2D eigenvalue weighted by atomic mass is 9.84. The smallest absolute Gasteiger partial charge is 0.136 e. The lowest BCUT2D eigenvalue weighted by Gasteiger charge is -2.45. The molecule has 1 saturated carbocycles. The Bertz CT molecular complexity index is 532. The van der Waals surface area contributed by atoms with Gasteiger partial charge in [-0.05, 0) is 51.6 Å². The monoisotopic (exact) mass is 287 g/mol. The second-order valence-electron chi connectivity index (χ2n) is 6.82. The number of hydrogen-bond acceptors (Lipinski definition) is 5. The molecule has 3 aliphatic heterocycles. The van der Waals surface area contributed by atoms with Gasteiger partial charge in [0.2, 0.25) is 0 Å². The van der Waals surface area contributed by atoms with Crippen LogP contribution in [-0.2, 0) is 0 Å². The van der Waals surface area contributed by atoms with Crippen molar-refractivity contribution in [3.05, 3.63) is 11.4 Å². The maximum absolute atomic E-state index is 4.84. The lowest BCUT2D eigenvalue weighted by molar-refractivity contribution is 0.0973. The number of rotatable bonds is 4. The normalized spacial score (nSPS) is 31.2. The fourth-order valence-electron chi connectivity index (χ4n) is 3.75. The molecule has 2 N–H and O–H groups in total. The van der Waals surface area contributed by atoms with Crippen LogP contribution in [0.1, 0.15) is 43.0 Å². The van der Waals surface area contributed by atoms with E-state index in [-0.39, 0.29) is 0 Å². The first-order valence-electron chi connectivity index (χ1n) is 8.30. The van der Waals surface area contributed by atoms with Crippen LogP contribution in [0.4, 0.5) is 11.6 Å². The summed E-state index contributed by atoms with van der Waals surface area (Å²) in [5.74, 6) is 4.45. The third-order valence-corrected chi connectivity index (χ3v) is 5.32. The molecule has 5 rings (SSSR count). The third-order valence-electron chi connectivity index (χ3n) is 5.32. The average molecular weight is 287 g/mol. The molecule has 0 aromatic carbocycles. The Morgan fingerprint density at radius 3 is 2.33 bits per heavy atom. The Kier molecular flexibility index (Phi) is 3.25. The minimum Gasteiger partial charge on any atom is -0.373 e. The Hall–Kier alpha value is -1.36. The summed E-state index contributed by atoms with van der Waals surface area (Å²) in [7, 11) is 1.95. The van der Waals surface area contributed by atoms with Gasteiger partial charge in [0.15, 0.2) is 0 Å². The van der Waals surface area contributed by atoms with E-state index in [0.717, 1.165) is 28.9 Å². The second kappa shape index (κ2) is 5.13. The highest BCUT2D eigenvalue weighted by atomic mass is 15.2. The van der Waals surface area contributed by atoms with Gasteiger partial charge in [-0.2, -0.15) is 0 Å². The second-order valence-corrected chi connectivity index (χ2v) is 6.82. The molecule has 1 atom stereocenters. The van der Waals surface area contributed by atoms with E-state index in [9.17, 15) is 0 Å². The van der Waals surface area contributed by atoms with Crippen molar-refractivity contribution in [2.24, 2.45) is 5.92 Å². The number of aromatic nitrogens is 2. The lowest BCUT2D eigenvalue weighted by Crippen LogP contribution is -2.53. The van der Waals surface area contributed by atoms with Crippen LogP contribution in [-0.4, -0.2) is 47.6 Å². The molecule has 3 saturated heterocycles. The van der Waals surface area contributed by atoms with Gasteiger partial charge in [0.05, 0.1) is 0 Å². The van der Waals surface area contributed by atoms with Gasteiger partial charge in [-0.25, -0.2) is 9.97 Å². The molecule has 0 spiro atoms. The summed E-state index contributed by atoms with van der Waals surface area (Å²) in [6.45, 7) is 5.84. The minimum atomic E-state index is 0.554. The highest BCUT2D eigenvalue weighted by molar-refractivity contribution is 5.58. The first-order chi connectivity index (χ1) is 10.2. The highest BCUT2D eigenvalue weighted by Gasteiger charge is 2.35. The van der Waals surface area contributed by atoms with E-state index >= 15 is 0 Å². The van der Waals surface area contributed by atoms with E-state index in [4.69, 9.17) is 4.98 Å². The summed E-state index contributed by atoms with van der Waals surface area (Å²) >= 11 is 0. The summed E-state index contributed by atoms with van der Waals surface area (Å²) in [5.41, 5.74) is 1.15. The summed E-state index contributed by atoms with van der Waals surface area (Å²) in [6, 6.07) is 0.554. The average Bonchev–Trinajstić information content (AvgIpc) is 3.35. The zero-order valence-corrected chi connectivity index (χ0v) is 13.0. The van der Waals surface area contributed by atoms with Crippen LogP contribution in [0.15, 0.2) is 0 Å². The number of nitrogens with zero attached hydrogens (tertiary/aromatic N) is 3. The van der Waals surface area contributed by atoms with Gasteiger partial charge in [-0.3, -0.25) is 0 Å². The van der Waals surface area contributed by atoms with Crippen molar-refractivity contribution in [2.75, 3.05) is 37.3 Å². The quantitative estimate of drug-likeness (QED) is 0.889. The number of anilines is 2. The first-order valence-corrected chi connectivity index (χ1v) is 8.30. The molecule has 2 bridgehead atoms. The van der Waals surface area contributed by atoms with Gasteiger partial charge >= 0.3 is 0 Å². The fourth-order valence-corrected chi connectivity index (χ4v) is 3.75. The first kappa shape index (κ1) is 13.3. The molecule has 5 nitrogen and oxygen atoms in total. The molecular formula is C16H25N5. The summed E-state index contributed by atoms with van der Waals surface area (Å²) in [6.07, 6.45) is 5.14. The van der Waals surface area contributed by atoms with Crippen molar-refractivity contribution in [3.8, 4) is 0 Å². The van der Waals surface area contributed by atoms with Crippen molar-refractivity contribution in [1.29, 1.82) is 0 Å². The molecule has 5 heteroatoms. The Morgan fingerprint density at radius 1 is 1.05 bits per heavy atom. The van der Waals surface area contributed by atoms with Crippen LogP contribution in [0.25, 0.3) is 0 Å². The topological polar surface area (TPSA) is 53.1 Å². The van der Waals surface area contributed by atoms with E-state index in [1.54, 1.807) is 0 Å². The van der Waals surface area contributed by atoms with Crippen molar-refractivity contribution in [1.82, 2.24) is 14.9 Å². The van der Waals surface area contributed by atoms with Gasteiger partial charge in [-0.1, -0.05) is 0 Å². The predicted molar refractivity (Wildman–Crippen MR) is 84.9 cm³/mol. The molecule has 1 aromatic rings. The molecule has 0 amide bonds. The van der Waals surface area contributed by atoms with Crippen molar-refractivity contribution >= 4 is 11.6 Å². The highest BCUT2D eigenvalue weighted by Crippen LogP contribution is 2.40. The molecule has 4 heterocycles. The molecule has 0 radical (unpaired) electrons. The van der Waals surface area contributed by atoms with Crippen LogP contribution < -0.4 is 10.6 Å². The van der Waals surface area contributed by atoms with Crippen molar-refractivity contribution in [3.63, 3.8) is 0 Å². The van der Waals surface area contributed by atoms with Crippen LogP contribution in [0.2, 0.25) is 0 Å². The van der Waals surface area contributed by atoms with Gasteiger partial charge in [0, 0.05) is 31.1 Å². The van der Waals surface area contributed by atoms with Crippen LogP contribution in [0.5, 0.6) is 0 Å². The summed E-state index contributed by atoms with van der Waals surface area (Å²) in [4.78, 5) is 12.1. The third kappa shape index (κ3) is 2.48. The number of fused-ring (bicyclic) bond motifs is 3. The van der Waals surface area contributed by atoms with Crippen LogP contribution >= 0.6 is 0 Å². The van der Waals surface area contributed by atoms with Gasteiger partial charge in [0.1, 0.15) is 17.5 Å². The van der Waals surface area contributed by atoms with E-state index in [1.807, 2.05) is 7.05 Å². The number of nitrogens with one attached hydrogen (secondary N) is 2. The molecule has 4 aliphatic rings. The van der Waals surface area contributed by atoms with Gasteiger partial charge in [0.25, 0.3) is 0 Å². The minimum absolute atomic E-state index is 0.554. The predicted octanol–water partition coefficient (Wildman–Crippen LogP) is 2.21. The van der Waals surface area contributed by atoms with E-state index in [2.05, 4.69) is 27.4 Å². The van der Waals surface area contributed by atoms with Crippen LogP contribution in [0.3, 0.4) is 0 Å². The SMILES string of the molecule is CNc1nc(C2CC2)nc(NC2CN3CCC2CC3)c1C. The van der Waals surface area contributed by atoms with Gasteiger partial charge < -0.3 is 15.5 Å². The molecule has 114 valence electrons. The maximum Gasteiger partial charge on any atom is 0.136 e. The molecule has 1 unspecified atom stereocenters. The molecule has 4 fully saturated rings.